The summed E-state index contributed by atoms with van der Waals surface area (Å²) in [4.78, 5) is 13.4. The van der Waals surface area contributed by atoms with Crippen LogP contribution in [0.3, 0.4) is 0 Å². The van der Waals surface area contributed by atoms with Crippen molar-refractivity contribution in [3.8, 4) is 5.75 Å². The number of hydrogen-bond donors (Lipinski definition) is 1. The Kier molecular flexibility index (Phi) is 6.72. The summed E-state index contributed by atoms with van der Waals surface area (Å²) in [6.07, 6.45) is 0. The molecule has 1 fully saturated rings. The minimum atomic E-state index is -3.46. The molecule has 1 aliphatic heterocycles. The third-order valence-corrected chi connectivity index (χ3v) is 7.21. The summed E-state index contributed by atoms with van der Waals surface area (Å²) in [6, 6.07) is 12.5. The standard InChI is InChI=1S/C22H28N2O4S/c1-4-28-22-10-7-19(18(3)25)15-20(22)16-23-11-13-24(14-12-23)29(26,27)21-8-5-17(2)6-9-21/h5-10,15H,4,11-14,16H2,1-3H3/p+1. The largest absolute Gasteiger partial charge is 0.493 e. The Bertz CT molecular complexity index is 963. The van der Waals surface area contributed by atoms with E-state index in [1.165, 1.54) is 4.90 Å². The normalized spacial score (nSPS) is 16.0. The molecule has 1 aliphatic rings. The molecule has 29 heavy (non-hydrogen) atoms. The average Bonchev–Trinajstić information content (AvgIpc) is 2.70. The number of Topliss-reactive ketones (excluding diaryl/α,β-unsaturated/α-hetero) is 1. The highest BCUT2D eigenvalue weighted by molar-refractivity contribution is 7.89. The second-order valence-electron chi connectivity index (χ2n) is 7.46. The molecule has 1 heterocycles. The van der Waals surface area contributed by atoms with Gasteiger partial charge in [-0.1, -0.05) is 17.7 Å². The number of piperazine rings is 1. The molecule has 3 rings (SSSR count). The van der Waals surface area contributed by atoms with E-state index in [2.05, 4.69) is 0 Å². The molecule has 1 saturated heterocycles. The predicted molar refractivity (Wildman–Crippen MR) is 112 cm³/mol. The van der Waals surface area contributed by atoms with Gasteiger partial charge in [0.25, 0.3) is 0 Å². The summed E-state index contributed by atoms with van der Waals surface area (Å²) in [5.41, 5.74) is 2.70. The minimum Gasteiger partial charge on any atom is -0.493 e. The maximum atomic E-state index is 12.9. The van der Waals surface area contributed by atoms with E-state index in [1.807, 2.05) is 38.1 Å². The third kappa shape index (κ3) is 5.04. The molecule has 0 radical (unpaired) electrons. The molecule has 0 bridgehead atoms. The lowest BCUT2D eigenvalue weighted by molar-refractivity contribution is -0.917. The summed E-state index contributed by atoms with van der Waals surface area (Å²) in [5, 5.41) is 0. The average molecular weight is 418 g/mol. The number of nitrogens with one attached hydrogen (secondary N) is 1. The SMILES string of the molecule is CCOc1ccc(C(C)=O)cc1C[NH+]1CCN(S(=O)(=O)c2ccc(C)cc2)CC1. The summed E-state index contributed by atoms with van der Waals surface area (Å²) in [7, 11) is -3.46. The van der Waals surface area contributed by atoms with Crippen molar-refractivity contribution in [2.45, 2.75) is 32.2 Å². The predicted octanol–water partition coefficient (Wildman–Crippen LogP) is 1.69. The number of quaternary nitrogens is 1. The maximum absolute atomic E-state index is 12.9. The van der Waals surface area contributed by atoms with Crippen molar-refractivity contribution in [1.82, 2.24) is 4.31 Å². The number of carbonyl (C=O) groups excluding carboxylic acids is 1. The van der Waals surface area contributed by atoms with Crippen molar-refractivity contribution in [2.24, 2.45) is 0 Å². The second-order valence-corrected chi connectivity index (χ2v) is 9.39. The molecular weight excluding hydrogens is 388 g/mol. The van der Waals surface area contributed by atoms with Crippen LogP contribution in [-0.2, 0) is 16.6 Å². The zero-order valence-electron chi connectivity index (χ0n) is 17.3. The zero-order chi connectivity index (χ0) is 21.0. The van der Waals surface area contributed by atoms with Gasteiger partial charge < -0.3 is 9.64 Å². The van der Waals surface area contributed by atoms with E-state index in [9.17, 15) is 13.2 Å². The number of aryl methyl sites for hydroxylation is 1. The summed E-state index contributed by atoms with van der Waals surface area (Å²) in [6.45, 7) is 9.06. The van der Waals surface area contributed by atoms with Crippen LogP contribution in [0.15, 0.2) is 47.4 Å². The van der Waals surface area contributed by atoms with Gasteiger partial charge in [-0.25, -0.2) is 8.42 Å². The number of sulfonamides is 1. The van der Waals surface area contributed by atoms with E-state index in [1.54, 1.807) is 29.4 Å². The van der Waals surface area contributed by atoms with Gasteiger partial charge in [-0.2, -0.15) is 4.31 Å². The fourth-order valence-electron chi connectivity index (χ4n) is 3.58. The molecule has 0 spiro atoms. The van der Waals surface area contributed by atoms with E-state index in [-0.39, 0.29) is 5.78 Å². The number of rotatable bonds is 7. The van der Waals surface area contributed by atoms with Crippen molar-refractivity contribution in [3.05, 3.63) is 59.2 Å². The van der Waals surface area contributed by atoms with Crippen LogP contribution in [0.5, 0.6) is 5.75 Å². The van der Waals surface area contributed by atoms with Crippen LogP contribution < -0.4 is 9.64 Å². The van der Waals surface area contributed by atoms with Crippen LogP contribution in [0, 0.1) is 6.92 Å². The van der Waals surface area contributed by atoms with Crippen molar-refractivity contribution < 1.29 is 22.8 Å². The molecule has 6 nitrogen and oxygen atoms in total. The fourth-order valence-corrected chi connectivity index (χ4v) is 5.02. The van der Waals surface area contributed by atoms with Crippen molar-refractivity contribution >= 4 is 15.8 Å². The number of nitrogens with zero attached hydrogens (tertiary/aromatic N) is 1. The van der Waals surface area contributed by atoms with Crippen LogP contribution in [0.2, 0.25) is 0 Å². The molecule has 156 valence electrons. The van der Waals surface area contributed by atoms with Crippen LogP contribution in [0.25, 0.3) is 0 Å². The first-order valence-corrected chi connectivity index (χ1v) is 11.4. The molecule has 1 N–H and O–H groups in total. The first-order chi connectivity index (χ1) is 13.8. The van der Waals surface area contributed by atoms with Gasteiger partial charge in [0, 0.05) is 11.1 Å². The quantitative estimate of drug-likeness (QED) is 0.696. The molecule has 0 amide bonds. The Morgan fingerprint density at radius 3 is 2.34 bits per heavy atom. The monoisotopic (exact) mass is 417 g/mol. The Morgan fingerprint density at radius 1 is 1.10 bits per heavy atom. The van der Waals surface area contributed by atoms with Gasteiger partial charge >= 0.3 is 0 Å². The smallest absolute Gasteiger partial charge is 0.243 e. The minimum absolute atomic E-state index is 0.0262. The first kappa shape index (κ1) is 21.5. The highest BCUT2D eigenvalue weighted by Gasteiger charge is 2.30. The van der Waals surface area contributed by atoms with Gasteiger partial charge in [0.05, 0.1) is 37.7 Å². The molecule has 0 aromatic heterocycles. The lowest BCUT2D eigenvalue weighted by atomic mass is 10.1. The Hall–Kier alpha value is -2.22. The van der Waals surface area contributed by atoms with Crippen LogP contribution in [0.4, 0.5) is 0 Å². The van der Waals surface area contributed by atoms with Gasteiger partial charge in [-0.3, -0.25) is 4.79 Å². The summed E-state index contributed by atoms with van der Waals surface area (Å²) in [5.74, 6) is 0.818. The highest BCUT2D eigenvalue weighted by Crippen LogP contribution is 2.21. The molecule has 0 unspecified atom stereocenters. The van der Waals surface area contributed by atoms with E-state index < -0.39 is 10.0 Å². The molecule has 0 aliphatic carbocycles. The number of benzene rings is 2. The van der Waals surface area contributed by atoms with Gasteiger partial charge in [0.15, 0.2) is 5.78 Å². The van der Waals surface area contributed by atoms with Gasteiger partial charge in [-0.05, 0) is 51.1 Å². The van der Waals surface area contributed by atoms with Crippen molar-refractivity contribution in [2.75, 3.05) is 32.8 Å². The van der Waals surface area contributed by atoms with Gasteiger partial charge in [0.2, 0.25) is 10.0 Å². The number of ether oxygens (including phenoxy) is 1. The number of hydrogen-bond acceptors (Lipinski definition) is 4. The molecular formula is C22H29N2O4S+. The molecule has 0 saturated carbocycles. The van der Waals surface area contributed by atoms with Crippen molar-refractivity contribution in [1.29, 1.82) is 0 Å². The maximum Gasteiger partial charge on any atom is 0.243 e. The first-order valence-electron chi connectivity index (χ1n) is 9.98. The highest BCUT2D eigenvalue weighted by atomic mass is 32.2. The van der Waals surface area contributed by atoms with Gasteiger partial charge in [-0.15, -0.1) is 0 Å². The molecule has 2 aromatic rings. The second kappa shape index (κ2) is 9.07. The Morgan fingerprint density at radius 2 is 1.76 bits per heavy atom. The lowest BCUT2D eigenvalue weighted by Crippen LogP contribution is -3.13. The van der Waals surface area contributed by atoms with Crippen LogP contribution in [0.1, 0.15) is 35.3 Å². The van der Waals surface area contributed by atoms with E-state index in [0.29, 0.717) is 49.8 Å². The zero-order valence-corrected chi connectivity index (χ0v) is 18.1. The van der Waals surface area contributed by atoms with E-state index in [0.717, 1.165) is 16.9 Å². The molecule has 2 aromatic carbocycles. The third-order valence-electron chi connectivity index (χ3n) is 5.30. The van der Waals surface area contributed by atoms with Crippen molar-refractivity contribution in [3.63, 3.8) is 0 Å². The van der Waals surface area contributed by atoms with Crippen LogP contribution in [-0.4, -0.2) is 51.3 Å². The van der Waals surface area contributed by atoms with E-state index in [4.69, 9.17) is 4.74 Å². The van der Waals surface area contributed by atoms with Gasteiger partial charge in [0.1, 0.15) is 12.3 Å². The lowest BCUT2D eigenvalue weighted by Gasteiger charge is -2.32. The number of ketones is 1. The topological polar surface area (TPSA) is 68.1 Å². The fraction of sp³-hybridized carbons (Fsp3) is 0.409. The van der Waals surface area contributed by atoms with Crippen LogP contribution >= 0.6 is 0 Å². The Balaban J connectivity index is 1.69. The molecule has 7 heteroatoms. The summed E-state index contributed by atoms with van der Waals surface area (Å²) >= 11 is 0. The molecule has 0 atom stereocenters. The van der Waals surface area contributed by atoms with E-state index >= 15 is 0 Å². The number of carbonyl (C=O) groups is 1. The Labute approximate surface area is 173 Å². The summed E-state index contributed by atoms with van der Waals surface area (Å²) < 4.78 is 33.1.